The monoisotopic (exact) mass is 530 g/mol. The van der Waals surface area contributed by atoms with Gasteiger partial charge in [0.25, 0.3) is 0 Å². The van der Waals surface area contributed by atoms with E-state index in [1.807, 2.05) is 30.3 Å². The molecule has 0 saturated heterocycles. The second kappa shape index (κ2) is 8.94. The Hall–Kier alpha value is -2.36. The van der Waals surface area contributed by atoms with Crippen molar-refractivity contribution in [1.82, 2.24) is 9.71 Å². The molecule has 2 heterocycles. The topological polar surface area (TPSA) is 79.3 Å². The first-order chi connectivity index (χ1) is 16.5. The molecule has 2 aromatic carbocycles. The van der Waals surface area contributed by atoms with Crippen molar-refractivity contribution in [2.45, 2.75) is 43.6 Å². The van der Waals surface area contributed by atoms with E-state index in [2.05, 4.69) is 9.71 Å². The third-order valence-corrected chi connectivity index (χ3v) is 9.62. The first kappa shape index (κ1) is 24.3. The summed E-state index contributed by atoms with van der Waals surface area (Å²) in [5.74, 6) is -0.571. The number of nitrogens with one attached hydrogen (secondary N) is 1. The van der Waals surface area contributed by atoms with Gasteiger partial charge in [0.15, 0.2) is 0 Å². The summed E-state index contributed by atoms with van der Waals surface area (Å²) in [6.45, 7) is 3.43. The number of aliphatic hydroxyl groups is 1. The van der Waals surface area contributed by atoms with Crippen molar-refractivity contribution in [3.63, 3.8) is 0 Å². The van der Waals surface area contributed by atoms with Gasteiger partial charge in [0.2, 0.25) is 10.0 Å². The molecule has 2 aromatic heterocycles. The number of benzene rings is 2. The Labute approximate surface area is 212 Å². The molecule has 0 aliphatic heterocycles. The molecule has 1 fully saturated rings. The lowest BCUT2D eigenvalue weighted by Gasteiger charge is -2.20. The minimum absolute atomic E-state index is 0.105. The third-order valence-electron chi connectivity index (χ3n) is 6.12. The Bertz CT molecular complexity index is 1510. The average Bonchev–Trinajstić information content (AvgIpc) is 3.57. The van der Waals surface area contributed by atoms with Crippen LogP contribution in [0.5, 0.6) is 0 Å². The summed E-state index contributed by atoms with van der Waals surface area (Å²) in [4.78, 5) is 5.13. The molecule has 0 bridgehead atoms. The maximum atomic E-state index is 15.0. The number of sulfonamides is 1. The van der Waals surface area contributed by atoms with Gasteiger partial charge < -0.3 is 5.11 Å². The number of halogens is 2. The minimum atomic E-state index is -3.65. The largest absolute Gasteiger partial charge is 0.386 e. The molecule has 182 valence electrons. The fourth-order valence-corrected chi connectivity index (χ4v) is 7.18. The van der Waals surface area contributed by atoms with Gasteiger partial charge in [-0.25, -0.2) is 17.5 Å². The Kier molecular flexibility index (Phi) is 6.22. The SMILES string of the molecule is CC(C)(O)c1ccnc(-c2cccc3cc([C@H](NS(=O)(=O)C4CC4)c4c(F)cccc4Cl)sc23)c1. The number of hydrogen-bond acceptors (Lipinski definition) is 5. The quantitative estimate of drug-likeness (QED) is 0.300. The van der Waals surface area contributed by atoms with E-state index >= 15 is 0 Å². The van der Waals surface area contributed by atoms with Crippen LogP contribution in [-0.2, 0) is 15.6 Å². The van der Waals surface area contributed by atoms with E-state index < -0.39 is 32.7 Å². The smallest absolute Gasteiger partial charge is 0.215 e. The Morgan fingerprint density at radius 1 is 1.17 bits per heavy atom. The summed E-state index contributed by atoms with van der Waals surface area (Å²) in [6.07, 6.45) is 2.83. The third kappa shape index (κ3) is 4.86. The number of hydrogen-bond donors (Lipinski definition) is 2. The van der Waals surface area contributed by atoms with E-state index in [0.717, 1.165) is 21.2 Å². The number of fused-ring (bicyclic) bond motifs is 1. The van der Waals surface area contributed by atoms with Gasteiger partial charge in [-0.05, 0) is 68.0 Å². The molecule has 5 rings (SSSR count). The van der Waals surface area contributed by atoms with Crippen LogP contribution in [0.4, 0.5) is 4.39 Å². The number of pyridine rings is 1. The zero-order chi connectivity index (χ0) is 25.0. The first-order valence-electron chi connectivity index (χ1n) is 11.2. The first-order valence-corrected chi connectivity index (χ1v) is 14.0. The van der Waals surface area contributed by atoms with Crippen molar-refractivity contribution in [1.29, 1.82) is 0 Å². The fraction of sp³-hybridized carbons (Fsp3) is 0.269. The Morgan fingerprint density at radius 2 is 1.91 bits per heavy atom. The number of nitrogens with zero attached hydrogens (tertiary/aromatic N) is 1. The highest BCUT2D eigenvalue weighted by Gasteiger charge is 2.39. The predicted molar refractivity (Wildman–Crippen MR) is 139 cm³/mol. The molecule has 5 nitrogen and oxygen atoms in total. The summed E-state index contributed by atoms with van der Waals surface area (Å²) in [5, 5.41) is 11.0. The van der Waals surface area contributed by atoms with Gasteiger partial charge in [0.1, 0.15) is 5.82 Å². The van der Waals surface area contributed by atoms with E-state index in [1.165, 1.54) is 23.5 Å². The number of rotatable bonds is 7. The van der Waals surface area contributed by atoms with Gasteiger partial charge in [-0.1, -0.05) is 35.9 Å². The molecule has 0 spiro atoms. The van der Waals surface area contributed by atoms with E-state index in [-0.39, 0.29) is 10.6 Å². The molecule has 0 amide bonds. The maximum Gasteiger partial charge on any atom is 0.215 e. The summed E-state index contributed by atoms with van der Waals surface area (Å²) < 4.78 is 44.4. The lowest BCUT2D eigenvalue weighted by atomic mass is 9.97. The Balaban J connectivity index is 1.66. The van der Waals surface area contributed by atoms with Crippen LogP contribution in [-0.4, -0.2) is 23.8 Å². The van der Waals surface area contributed by atoms with Crippen molar-refractivity contribution in [3.8, 4) is 11.3 Å². The molecule has 35 heavy (non-hydrogen) atoms. The lowest BCUT2D eigenvalue weighted by molar-refractivity contribution is 0.0785. The molecule has 1 aliphatic carbocycles. The second-order valence-electron chi connectivity index (χ2n) is 9.29. The minimum Gasteiger partial charge on any atom is -0.386 e. The van der Waals surface area contributed by atoms with E-state index in [0.29, 0.717) is 23.4 Å². The zero-order valence-corrected chi connectivity index (χ0v) is 21.5. The molecular formula is C26H24ClFN2O3S2. The zero-order valence-electron chi connectivity index (χ0n) is 19.1. The van der Waals surface area contributed by atoms with Gasteiger partial charge in [-0.3, -0.25) is 4.98 Å². The van der Waals surface area contributed by atoms with Crippen LogP contribution in [0.1, 0.15) is 48.7 Å². The molecule has 1 aliphatic rings. The molecule has 4 aromatic rings. The average molecular weight is 531 g/mol. The number of thiophene rings is 1. The molecular weight excluding hydrogens is 507 g/mol. The molecule has 1 atom stereocenters. The molecule has 0 radical (unpaired) electrons. The summed E-state index contributed by atoms with van der Waals surface area (Å²) in [5.41, 5.74) is 1.33. The lowest BCUT2D eigenvalue weighted by Crippen LogP contribution is -2.32. The maximum absolute atomic E-state index is 15.0. The van der Waals surface area contributed by atoms with Gasteiger partial charge in [-0.15, -0.1) is 11.3 Å². The van der Waals surface area contributed by atoms with Crippen LogP contribution in [0.25, 0.3) is 21.3 Å². The highest BCUT2D eigenvalue weighted by Crippen LogP contribution is 2.42. The van der Waals surface area contributed by atoms with Crippen LogP contribution in [0.2, 0.25) is 5.02 Å². The standard InChI is InChI=1S/C26H24ClFN2O3S2/c1-26(2,31)16-11-12-29-21(14-16)18-6-3-5-15-13-22(34-25(15)18)24(30-35(32,33)17-9-10-17)23-19(27)7-4-8-20(23)28/h3-8,11-14,17,24,30-31H,9-10H2,1-2H3/t24-/m0/s1. The van der Waals surface area contributed by atoms with E-state index in [4.69, 9.17) is 11.6 Å². The Morgan fingerprint density at radius 3 is 2.60 bits per heavy atom. The van der Waals surface area contributed by atoms with Crippen molar-refractivity contribution in [3.05, 3.63) is 87.6 Å². The van der Waals surface area contributed by atoms with Gasteiger partial charge in [0.05, 0.1) is 22.6 Å². The normalized spacial score (nSPS) is 15.5. The van der Waals surface area contributed by atoms with Gasteiger partial charge >= 0.3 is 0 Å². The van der Waals surface area contributed by atoms with Crippen molar-refractivity contribution in [2.75, 3.05) is 0 Å². The van der Waals surface area contributed by atoms with Crippen LogP contribution >= 0.6 is 22.9 Å². The predicted octanol–water partition coefficient (Wildman–Crippen LogP) is 6.15. The summed E-state index contributed by atoms with van der Waals surface area (Å²) in [6, 6.07) is 14.6. The number of aromatic nitrogens is 1. The molecule has 0 unspecified atom stereocenters. The van der Waals surface area contributed by atoms with Crippen LogP contribution < -0.4 is 4.72 Å². The fourth-order valence-electron chi connectivity index (χ4n) is 4.07. The van der Waals surface area contributed by atoms with Gasteiger partial charge in [-0.2, -0.15) is 0 Å². The highest BCUT2D eigenvalue weighted by molar-refractivity contribution is 7.90. The van der Waals surface area contributed by atoms with Crippen molar-refractivity contribution >= 4 is 43.0 Å². The molecule has 9 heteroatoms. The summed E-state index contributed by atoms with van der Waals surface area (Å²) in [7, 11) is -3.65. The summed E-state index contributed by atoms with van der Waals surface area (Å²) >= 11 is 7.75. The van der Waals surface area contributed by atoms with Crippen LogP contribution in [0.3, 0.4) is 0 Å². The van der Waals surface area contributed by atoms with Crippen LogP contribution in [0, 0.1) is 5.82 Å². The molecule has 1 saturated carbocycles. The van der Waals surface area contributed by atoms with Crippen molar-refractivity contribution in [2.24, 2.45) is 0 Å². The van der Waals surface area contributed by atoms with Gasteiger partial charge in [0, 0.05) is 31.9 Å². The van der Waals surface area contributed by atoms with Crippen molar-refractivity contribution < 1.29 is 17.9 Å². The molecule has 2 N–H and O–H groups in total. The van der Waals surface area contributed by atoms with E-state index in [9.17, 15) is 17.9 Å². The highest BCUT2D eigenvalue weighted by atomic mass is 35.5. The van der Waals surface area contributed by atoms with Crippen LogP contribution in [0.15, 0.2) is 60.8 Å². The second-order valence-corrected chi connectivity index (χ2v) is 12.8. The van der Waals surface area contributed by atoms with E-state index in [1.54, 1.807) is 32.2 Å².